The molecule has 1 aliphatic carbocycles. The highest BCUT2D eigenvalue weighted by Crippen LogP contribution is 2.39. The standard InChI is InChI=1S/C34H45F3N10O2Si/c1-5-39-18-25-16-29(44-32(43-25)34(35,36)37)49-27-8-6-26(7-9-27)46-20-33(21-46,11-12-38)47-19-24(17-42-47)30-28-10-13-45(31(28)41-22-40-30)23-48-14-15-50(2,3)4/h10,13,16-17,19,22,26-27,39H,5-9,11,14-15,18,20-21,23H2,1-4H3/t26-,27+. The number of likely N-dealkylation sites (tertiary alicyclic amines) is 1. The second-order valence-electron chi connectivity index (χ2n) is 14.6. The van der Waals surface area contributed by atoms with Crippen LogP contribution in [0.4, 0.5) is 13.2 Å². The molecule has 4 aromatic rings. The Morgan fingerprint density at radius 3 is 2.60 bits per heavy atom. The number of halogens is 3. The van der Waals surface area contributed by atoms with E-state index < -0.39 is 25.6 Å². The molecule has 1 aliphatic heterocycles. The Balaban J connectivity index is 1.07. The van der Waals surface area contributed by atoms with Gasteiger partial charge in [-0.2, -0.15) is 28.5 Å². The molecule has 1 saturated carbocycles. The molecule has 0 radical (unpaired) electrons. The van der Waals surface area contributed by atoms with E-state index >= 15 is 0 Å². The third kappa shape index (κ3) is 8.17. The fraction of sp³-hybridized carbons (Fsp3) is 0.588. The van der Waals surface area contributed by atoms with Crippen molar-refractivity contribution < 1.29 is 22.6 Å². The van der Waals surface area contributed by atoms with Gasteiger partial charge in [0.25, 0.3) is 0 Å². The fourth-order valence-electron chi connectivity index (χ4n) is 6.74. The predicted octanol–water partition coefficient (Wildman–Crippen LogP) is 5.84. The zero-order valence-corrected chi connectivity index (χ0v) is 30.1. The molecule has 1 N–H and O–H groups in total. The van der Waals surface area contributed by atoms with E-state index in [9.17, 15) is 18.4 Å². The average Bonchev–Trinajstić information content (AvgIpc) is 3.71. The van der Waals surface area contributed by atoms with Gasteiger partial charge in [0, 0.05) is 69.8 Å². The molecule has 0 unspecified atom stereocenters. The van der Waals surface area contributed by atoms with Gasteiger partial charge in [-0.1, -0.05) is 26.6 Å². The topological polar surface area (TPSA) is 132 Å². The van der Waals surface area contributed by atoms with Gasteiger partial charge in [-0.3, -0.25) is 9.58 Å². The van der Waals surface area contributed by atoms with Crippen LogP contribution >= 0.6 is 0 Å². The van der Waals surface area contributed by atoms with Gasteiger partial charge in [-0.25, -0.2) is 15.0 Å². The highest BCUT2D eigenvalue weighted by Gasteiger charge is 2.48. The molecular formula is C34H45F3N10O2Si. The molecule has 0 bridgehead atoms. The summed E-state index contributed by atoms with van der Waals surface area (Å²) in [4.78, 5) is 18.8. The van der Waals surface area contributed by atoms with Crippen LogP contribution in [0.3, 0.4) is 0 Å². The van der Waals surface area contributed by atoms with Gasteiger partial charge in [0.05, 0.1) is 30.1 Å². The summed E-state index contributed by atoms with van der Waals surface area (Å²) in [5, 5.41) is 18.4. The summed E-state index contributed by atoms with van der Waals surface area (Å²) < 4.78 is 56.2. The maximum atomic E-state index is 13.5. The van der Waals surface area contributed by atoms with Crippen molar-refractivity contribution >= 4 is 19.1 Å². The van der Waals surface area contributed by atoms with Crippen LogP contribution in [0.25, 0.3) is 22.3 Å². The number of alkyl halides is 3. The zero-order valence-electron chi connectivity index (χ0n) is 29.1. The van der Waals surface area contributed by atoms with E-state index in [1.807, 2.05) is 34.6 Å². The second-order valence-corrected chi connectivity index (χ2v) is 20.2. The van der Waals surface area contributed by atoms with Crippen molar-refractivity contribution in [2.45, 2.75) is 102 Å². The molecule has 2 aliphatic rings. The zero-order chi connectivity index (χ0) is 35.5. The largest absolute Gasteiger partial charge is 0.474 e. The number of ether oxygens (including phenoxy) is 2. The van der Waals surface area contributed by atoms with Crippen LogP contribution in [0, 0.1) is 11.3 Å². The summed E-state index contributed by atoms with van der Waals surface area (Å²) in [5.41, 5.74) is 2.22. The maximum Gasteiger partial charge on any atom is 0.451 e. The average molecular weight is 711 g/mol. The SMILES string of the molecule is CCNCc1cc(O[C@H]2CC[C@@H](N3CC(CC#N)(n4cc(-c5ncnc6c5ccn6COCC[Si](C)(C)C)cn4)C3)CC2)nc(C(F)(F)F)n1. The summed E-state index contributed by atoms with van der Waals surface area (Å²) in [6.45, 7) is 12.2. The maximum absolute atomic E-state index is 13.5. The Kier molecular flexibility index (Phi) is 10.6. The fourth-order valence-corrected chi connectivity index (χ4v) is 7.50. The van der Waals surface area contributed by atoms with Gasteiger partial charge in [0.2, 0.25) is 11.7 Å². The molecule has 0 aromatic carbocycles. The molecule has 0 amide bonds. The van der Waals surface area contributed by atoms with Crippen LogP contribution in [-0.4, -0.2) is 85.6 Å². The van der Waals surface area contributed by atoms with Crippen molar-refractivity contribution in [1.82, 2.24) is 44.5 Å². The second kappa shape index (κ2) is 14.7. The first-order valence-electron chi connectivity index (χ1n) is 17.2. The summed E-state index contributed by atoms with van der Waals surface area (Å²) in [5.74, 6) is -1.23. The van der Waals surface area contributed by atoms with Crippen molar-refractivity contribution in [2.75, 3.05) is 26.2 Å². The molecule has 0 spiro atoms. The minimum atomic E-state index is -4.66. The minimum Gasteiger partial charge on any atom is -0.474 e. The molecule has 4 aromatic heterocycles. The van der Waals surface area contributed by atoms with Gasteiger partial charge < -0.3 is 19.4 Å². The Hall–Kier alpha value is -3.91. The van der Waals surface area contributed by atoms with E-state index in [0.717, 1.165) is 47.8 Å². The quantitative estimate of drug-likeness (QED) is 0.126. The summed E-state index contributed by atoms with van der Waals surface area (Å²) in [6.07, 6.45) is 5.78. The van der Waals surface area contributed by atoms with Crippen LogP contribution in [0.15, 0.2) is 37.1 Å². The number of hydrogen-bond donors (Lipinski definition) is 1. The number of rotatable bonds is 14. The van der Waals surface area contributed by atoms with Gasteiger partial charge >= 0.3 is 6.18 Å². The van der Waals surface area contributed by atoms with Crippen LogP contribution in [0.2, 0.25) is 25.7 Å². The number of nitrogens with zero attached hydrogens (tertiary/aromatic N) is 9. The number of nitriles is 1. The molecule has 6 rings (SSSR count). The lowest BCUT2D eigenvalue weighted by Gasteiger charge is -2.53. The number of hydrogen-bond acceptors (Lipinski definition) is 10. The lowest BCUT2D eigenvalue weighted by molar-refractivity contribution is -0.145. The van der Waals surface area contributed by atoms with E-state index in [1.165, 1.54) is 6.07 Å². The van der Waals surface area contributed by atoms with E-state index in [2.05, 4.69) is 55.9 Å². The van der Waals surface area contributed by atoms with E-state index in [1.54, 1.807) is 12.5 Å². The minimum absolute atomic E-state index is 0.0431. The van der Waals surface area contributed by atoms with Crippen molar-refractivity contribution in [1.29, 1.82) is 5.26 Å². The number of fused-ring (bicyclic) bond motifs is 1. The lowest BCUT2D eigenvalue weighted by Crippen LogP contribution is -2.65. The molecule has 268 valence electrons. The van der Waals surface area contributed by atoms with Crippen LogP contribution in [-0.2, 0) is 29.7 Å². The van der Waals surface area contributed by atoms with Crippen molar-refractivity contribution in [3.63, 3.8) is 0 Å². The van der Waals surface area contributed by atoms with E-state index in [0.29, 0.717) is 45.6 Å². The van der Waals surface area contributed by atoms with Crippen LogP contribution in [0.1, 0.15) is 50.5 Å². The summed E-state index contributed by atoms with van der Waals surface area (Å²) >= 11 is 0. The highest BCUT2D eigenvalue weighted by molar-refractivity contribution is 6.76. The summed E-state index contributed by atoms with van der Waals surface area (Å²) in [6, 6.07) is 7.24. The van der Waals surface area contributed by atoms with Gasteiger partial charge in [-0.05, 0) is 44.3 Å². The van der Waals surface area contributed by atoms with Gasteiger partial charge in [0.15, 0.2) is 0 Å². The molecule has 5 heterocycles. The molecular weight excluding hydrogens is 666 g/mol. The highest BCUT2D eigenvalue weighted by atomic mass is 28.3. The predicted molar refractivity (Wildman–Crippen MR) is 184 cm³/mol. The molecule has 1 saturated heterocycles. The first-order chi connectivity index (χ1) is 23.9. The normalized spacial score (nSPS) is 19.7. The number of aromatic nitrogens is 7. The number of nitrogens with one attached hydrogen (secondary N) is 1. The molecule has 12 nitrogen and oxygen atoms in total. The van der Waals surface area contributed by atoms with Crippen molar-refractivity contribution in [3.05, 3.63) is 48.6 Å². The Morgan fingerprint density at radius 2 is 1.90 bits per heavy atom. The first-order valence-corrected chi connectivity index (χ1v) is 20.9. The van der Waals surface area contributed by atoms with Crippen LogP contribution < -0.4 is 10.1 Å². The molecule has 2 fully saturated rings. The smallest absolute Gasteiger partial charge is 0.451 e. The monoisotopic (exact) mass is 710 g/mol. The molecule has 0 atom stereocenters. The van der Waals surface area contributed by atoms with Crippen molar-refractivity contribution in [3.8, 4) is 23.2 Å². The Bertz CT molecular complexity index is 1800. The first kappa shape index (κ1) is 35.9. The van der Waals surface area contributed by atoms with Gasteiger partial charge in [0.1, 0.15) is 30.3 Å². The van der Waals surface area contributed by atoms with Crippen LogP contribution in [0.5, 0.6) is 5.88 Å². The Labute approximate surface area is 291 Å². The van der Waals surface area contributed by atoms with Crippen molar-refractivity contribution in [2.24, 2.45) is 0 Å². The summed E-state index contributed by atoms with van der Waals surface area (Å²) in [7, 11) is -1.18. The van der Waals surface area contributed by atoms with E-state index in [-0.39, 0.29) is 30.3 Å². The lowest BCUT2D eigenvalue weighted by atomic mass is 9.82. The molecule has 16 heteroatoms. The Morgan fingerprint density at radius 1 is 1.12 bits per heavy atom. The molecule has 50 heavy (non-hydrogen) atoms. The third-order valence-corrected chi connectivity index (χ3v) is 11.2. The third-order valence-electron chi connectivity index (χ3n) is 9.54. The van der Waals surface area contributed by atoms with E-state index in [4.69, 9.17) is 14.6 Å². The van der Waals surface area contributed by atoms with Gasteiger partial charge in [-0.15, -0.1) is 0 Å².